The van der Waals surface area contributed by atoms with E-state index < -0.39 is 61.9 Å². The number of alkyl carbamates (subject to hydrolysis) is 1. The number of aromatic amines is 1. The lowest BCUT2D eigenvalue weighted by atomic mass is 9.93. The number of aliphatic carboxylic acids is 1. The van der Waals surface area contributed by atoms with E-state index in [4.69, 9.17) is 9.16 Å². The second-order valence-electron chi connectivity index (χ2n) is 17.3. The molecule has 1 aliphatic rings. The molecule has 0 bridgehead atoms. The Morgan fingerprint density at radius 3 is 2.38 bits per heavy atom. The van der Waals surface area contributed by atoms with Gasteiger partial charge in [-0.25, -0.2) is 19.0 Å². The molecule has 4 heterocycles. The first-order valence-electron chi connectivity index (χ1n) is 18.5. The second-order valence-corrected chi connectivity index (χ2v) is 22.1. The van der Waals surface area contributed by atoms with Crippen LogP contribution in [-0.2, 0) is 28.1 Å². The van der Waals surface area contributed by atoms with Crippen molar-refractivity contribution in [2.75, 3.05) is 0 Å². The van der Waals surface area contributed by atoms with Crippen LogP contribution < -0.4 is 11.0 Å². The van der Waals surface area contributed by atoms with Crippen molar-refractivity contribution < 1.29 is 32.6 Å². The molecule has 1 aromatic carbocycles. The predicted octanol–water partition coefficient (Wildman–Crippen LogP) is 7.76. The zero-order chi connectivity index (χ0) is 40.5. The molecule has 0 unspecified atom stereocenters. The van der Waals surface area contributed by atoms with Crippen molar-refractivity contribution >= 4 is 42.4 Å². The average molecular weight is 780 g/mol. The quantitative estimate of drug-likeness (QED) is 0.128. The maximum absolute atomic E-state index is 16.5. The molecule has 0 aliphatic heterocycles. The summed E-state index contributed by atoms with van der Waals surface area (Å²) in [5, 5.41) is 16.6. The molecule has 5 aromatic rings. The number of halogens is 2. The summed E-state index contributed by atoms with van der Waals surface area (Å²) >= 11 is 0. The second kappa shape index (κ2) is 14.0. The first-order chi connectivity index (χ1) is 25.5. The van der Waals surface area contributed by atoms with Gasteiger partial charge in [-0.2, -0.15) is 4.39 Å². The van der Waals surface area contributed by atoms with Gasteiger partial charge >= 0.3 is 17.8 Å². The number of nitrogens with zero attached hydrogens (tertiary/aromatic N) is 5. The summed E-state index contributed by atoms with van der Waals surface area (Å²) in [6.07, 6.45) is 2.51. The van der Waals surface area contributed by atoms with Crippen LogP contribution in [0.2, 0.25) is 18.1 Å². The minimum atomic E-state index is -2.38. The highest BCUT2D eigenvalue weighted by molar-refractivity contribution is 6.74. The molecule has 3 N–H and O–H groups in total. The smallest absolute Gasteiger partial charge is 0.407 e. The summed E-state index contributed by atoms with van der Waals surface area (Å²) in [4.78, 5) is 46.9. The van der Waals surface area contributed by atoms with Gasteiger partial charge in [-0.1, -0.05) is 39.8 Å². The van der Waals surface area contributed by atoms with Crippen LogP contribution in [0.15, 0.2) is 35.4 Å². The number of carbonyl (C=O) groups is 2. The Bertz CT molecular complexity index is 2360. The topological polar surface area (TPSA) is 158 Å². The Morgan fingerprint density at radius 1 is 1.11 bits per heavy atom. The predicted molar refractivity (Wildman–Crippen MR) is 209 cm³/mol. The average Bonchev–Trinajstić information content (AvgIpc) is 3.77. The third-order valence-electron chi connectivity index (χ3n) is 11.0. The van der Waals surface area contributed by atoms with E-state index in [9.17, 15) is 19.5 Å². The van der Waals surface area contributed by atoms with Crippen molar-refractivity contribution in [1.29, 1.82) is 0 Å². The summed E-state index contributed by atoms with van der Waals surface area (Å²) in [5.41, 5.74) is 1.26. The minimum Gasteiger partial charge on any atom is -0.481 e. The molecule has 1 aliphatic carbocycles. The third kappa shape index (κ3) is 7.57. The Morgan fingerprint density at radius 2 is 1.80 bits per heavy atom. The fourth-order valence-corrected chi connectivity index (χ4v) is 8.69. The Kier molecular flexibility index (Phi) is 10.2. The number of rotatable bonds is 9. The van der Waals surface area contributed by atoms with Crippen LogP contribution >= 0.6 is 0 Å². The number of imidazole rings is 1. The standard InChI is InChI=1S/C39H51F2N7O6Si/c1-20(14-29(49)50)21-12-13-23(25(40)15-21)30-31-33-27(18-42-35(31)44-32(30)24-19-46(8)45-34(24)41)47(9)37(52)48(33)22-16-26(43-36(51)53-38(2,3)4)28(17-22)54-55(10,11)39(5,6)7/h12-13,15,18-20,22,26,28H,14,16-17H2,1-11H3,(H,42,44)(H,43,51)(H,49,50)/t20-,22+,26+,28-/m1/s1. The molecule has 6 rings (SSSR count). The molecule has 55 heavy (non-hydrogen) atoms. The van der Waals surface area contributed by atoms with E-state index in [2.05, 4.69) is 54.2 Å². The van der Waals surface area contributed by atoms with Crippen LogP contribution in [0.3, 0.4) is 0 Å². The number of carboxylic acid groups (broad SMARTS) is 1. The van der Waals surface area contributed by atoms with Gasteiger partial charge in [-0.15, -0.1) is 5.10 Å². The van der Waals surface area contributed by atoms with Crippen LogP contribution in [0.4, 0.5) is 13.6 Å². The van der Waals surface area contributed by atoms with Gasteiger partial charge in [0.15, 0.2) is 8.32 Å². The molecule has 1 fully saturated rings. The van der Waals surface area contributed by atoms with Crippen molar-refractivity contribution in [3.05, 3.63) is 58.4 Å². The number of H-pyrrole nitrogens is 1. The fraction of sp³-hybridized carbons (Fsp3) is 0.513. The number of nitrogens with one attached hydrogen (secondary N) is 2. The molecule has 13 nitrogen and oxygen atoms in total. The summed E-state index contributed by atoms with van der Waals surface area (Å²) in [7, 11) is 0.827. The third-order valence-corrected chi connectivity index (χ3v) is 15.5. The summed E-state index contributed by atoms with van der Waals surface area (Å²) < 4.78 is 49.0. The molecular formula is C39H51F2N7O6Si. The van der Waals surface area contributed by atoms with Crippen molar-refractivity contribution in [3.8, 4) is 22.4 Å². The lowest BCUT2D eigenvalue weighted by Gasteiger charge is -2.40. The molecule has 1 saturated carbocycles. The van der Waals surface area contributed by atoms with Crippen molar-refractivity contribution in [1.82, 2.24) is 34.2 Å². The van der Waals surface area contributed by atoms with E-state index >= 15 is 8.78 Å². The normalized spacial score (nSPS) is 18.7. The number of aryl methyl sites for hydroxylation is 2. The van der Waals surface area contributed by atoms with Crippen LogP contribution in [0, 0.1) is 11.8 Å². The molecule has 4 atom stereocenters. The minimum absolute atomic E-state index is 0.0709. The maximum atomic E-state index is 16.5. The highest BCUT2D eigenvalue weighted by Gasteiger charge is 2.46. The first-order valence-corrected chi connectivity index (χ1v) is 21.4. The molecule has 296 valence electrons. The van der Waals surface area contributed by atoms with E-state index in [0.717, 1.165) is 0 Å². The lowest BCUT2D eigenvalue weighted by Crippen LogP contribution is -2.50. The number of carboxylic acids is 1. The molecular weight excluding hydrogens is 729 g/mol. The Labute approximate surface area is 319 Å². The van der Waals surface area contributed by atoms with Gasteiger partial charge in [0.1, 0.15) is 17.1 Å². The SMILES string of the molecule is C[C@H](CC(=O)O)c1ccc(-c2c(-c3cn(C)nc3F)[nH]c3ncc4c(c23)n([C@H]2C[C@H](NC(=O)OC(C)(C)C)[C@H](O[Si](C)(C)C(C)(C)C)C2)c(=O)n4C)c(F)c1. The number of amides is 1. The van der Waals surface area contributed by atoms with E-state index in [0.29, 0.717) is 40.5 Å². The molecule has 0 radical (unpaired) electrons. The van der Waals surface area contributed by atoms with E-state index in [1.165, 1.54) is 21.5 Å². The van der Waals surface area contributed by atoms with Crippen LogP contribution in [-0.4, -0.2) is 72.1 Å². The first kappa shape index (κ1) is 39.8. The lowest BCUT2D eigenvalue weighted by molar-refractivity contribution is -0.137. The molecule has 16 heteroatoms. The van der Waals surface area contributed by atoms with E-state index in [1.54, 1.807) is 64.7 Å². The summed E-state index contributed by atoms with van der Waals surface area (Å²) in [6.45, 7) is 17.7. The van der Waals surface area contributed by atoms with E-state index in [1.807, 2.05) is 0 Å². The van der Waals surface area contributed by atoms with Gasteiger partial charge in [-0.3, -0.25) is 18.6 Å². The molecule has 4 aromatic heterocycles. The largest absolute Gasteiger partial charge is 0.481 e. The zero-order valence-corrected chi connectivity index (χ0v) is 34.3. The Hall–Kier alpha value is -4.83. The van der Waals surface area contributed by atoms with Crippen LogP contribution in [0.25, 0.3) is 44.5 Å². The van der Waals surface area contributed by atoms with Gasteiger partial charge in [0, 0.05) is 37.5 Å². The number of carbonyl (C=O) groups excluding carboxylic acids is 1. The summed E-state index contributed by atoms with van der Waals surface area (Å²) in [5.74, 6) is -2.93. The number of aromatic nitrogens is 6. The number of hydrogen-bond acceptors (Lipinski definition) is 7. The van der Waals surface area contributed by atoms with Crippen LogP contribution in [0.5, 0.6) is 0 Å². The molecule has 0 spiro atoms. The van der Waals surface area contributed by atoms with Gasteiger partial charge in [0.05, 0.1) is 52.4 Å². The van der Waals surface area contributed by atoms with Crippen molar-refractivity contribution in [2.45, 2.75) is 116 Å². The zero-order valence-electron chi connectivity index (χ0n) is 33.3. The molecule has 0 saturated heterocycles. The Balaban J connectivity index is 1.58. The van der Waals surface area contributed by atoms with Crippen molar-refractivity contribution in [2.24, 2.45) is 14.1 Å². The number of pyridine rings is 1. The van der Waals surface area contributed by atoms with Crippen LogP contribution in [0.1, 0.15) is 85.3 Å². The van der Waals surface area contributed by atoms with Gasteiger partial charge < -0.3 is 24.6 Å². The number of benzene rings is 1. The van der Waals surface area contributed by atoms with Crippen molar-refractivity contribution in [3.63, 3.8) is 0 Å². The number of fused-ring (bicyclic) bond motifs is 3. The van der Waals surface area contributed by atoms with Gasteiger partial charge in [0.25, 0.3) is 0 Å². The highest BCUT2D eigenvalue weighted by atomic mass is 28.4. The van der Waals surface area contributed by atoms with Gasteiger partial charge in [0.2, 0.25) is 5.95 Å². The highest BCUT2D eigenvalue weighted by Crippen LogP contribution is 2.46. The van der Waals surface area contributed by atoms with Gasteiger partial charge in [-0.05, 0) is 69.3 Å². The fourth-order valence-electron chi connectivity index (χ4n) is 7.32. The summed E-state index contributed by atoms with van der Waals surface area (Å²) in [6, 6.07) is 3.52. The number of hydrogen-bond donors (Lipinski definition) is 3. The number of ether oxygens (including phenoxy) is 1. The molecule has 1 amide bonds. The monoisotopic (exact) mass is 779 g/mol. The maximum Gasteiger partial charge on any atom is 0.407 e. The van der Waals surface area contributed by atoms with E-state index in [-0.39, 0.29) is 39.5 Å².